The molecule has 0 unspecified atom stereocenters. The molecule has 0 bridgehead atoms. The van der Waals surface area contributed by atoms with E-state index in [-0.39, 0.29) is 18.4 Å². The highest BCUT2D eigenvalue weighted by Gasteiger charge is 2.31. The highest BCUT2D eigenvalue weighted by atomic mass is 35.5. The molecular formula is C20H18ClN3O3. The SMILES string of the molecule is COC(=O)CCc1ccc(N2CCN(c3ccc(C#N)cc3)C2=O)c(Cl)c1. The molecule has 0 spiro atoms. The molecule has 2 amide bonds. The highest BCUT2D eigenvalue weighted by molar-refractivity contribution is 6.34. The second-order valence-electron chi connectivity index (χ2n) is 6.11. The number of nitriles is 1. The number of halogens is 1. The molecule has 2 aromatic rings. The van der Waals surface area contributed by atoms with Gasteiger partial charge in [0.15, 0.2) is 0 Å². The lowest BCUT2D eigenvalue weighted by atomic mass is 10.1. The second-order valence-corrected chi connectivity index (χ2v) is 6.51. The van der Waals surface area contributed by atoms with Gasteiger partial charge in [-0.1, -0.05) is 17.7 Å². The monoisotopic (exact) mass is 383 g/mol. The first kappa shape index (κ1) is 18.7. The quantitative estimate of drug-likeness (QED) is 0.737. The van der Waals surface area contributed by atoms with Crippen molar-refractivity contribution in [2.45, 2.75) is 12.8 Å². The molecule has 0 aliphatic carbocycles. The van der Waals surface area contributed by atoms with Crippen molar-refractivity contribution in [1.82, 2.24) is 0 Å². The van der Waals surface area contributed by atoms with Gasteiger partial charge in [0.2, 0.25) is 0 Å². The Bertz CT molecular complexity index is 906. The zero-order chi connectivity index (χ0) is 19.4. The minimum Gasteiger partial charge on any atom is -0.469 e. The zero-order valence-electron chi connectivity index (χ0n) is 14.8. The number of methoxy groups -OCH3 is 1. The minimum atomic E-state index is -0.275. The first-order valence-corrected chi connectivity index (χ1v) is 8.85. The number of rotatable bonds is 5. The van der Waals surface area contributed by atoms with E-state index in [0.29, 0.717) is 35.8 Å². The number of anilines is 2. The number of carbonyl (C=O) groups excluding carboxylic acids is 2. The Labute approximate surface area is 162 Å². The summed E-state index contributed by atoms with van der Waals surface area (Å²) in [4.78, 5) is 27.4. The van der Waals surface area contributed by atoms with Crippen molar-refractivity contribution < 1.29 is 14.3 Å². The maximum absolute atomic E-state index is 12.8. The van der Waals surface area contributed by atoms with Gasteiger partial charge in [-0.15, -0.1) is 0 Å². The van der Waals surface area contributed by atoms with E-state index in [1.165, 1.54) is 7.11 Å². The number of ether oxygens (including phenoxy) is 1. The molecule has 0 saturated carbocycles. The van der Waals surface area contributed by atoms with Gasteiger partial charge in [-0.25, -0.2) is 4.79 Å². The fourth-order valence-corrected chi connectivity index (χ4v) is 3.29. The molecule has 0 atom stereocenters. The molecule has 0 aromatic heterocycles. The van der Waals surface area contributed by atoms with Crippen molar-refractivity contribution in [2.75, 3.05) is 30.0 Å². The Kier molecular flexibility index (Phi) is 5.63. The molecule has 0 N–H and O–H groups in total. The van der Waals surface area contributed by atoms with Crippen LogP contribution in [0.3, 0.4) is 0 Å². The molecule has 1 saturated heterocycles. The van der Waals surface area contributed by atoms with Crippen LogP contribution in [-0.4, -0.2) is 32.2 Å². The van der Waals surface area contributed by atoms with Gasteiger partial charge >= 0.3 is 12.0 Å². The molecule has 2 aromatic carbocycles. The predicted octanol–water partition coefficient (Wildman–Crippen LogP) is 3.76. The summed E-state index contributed by atoms with van der Waals surface area (Å²) in [5, 5.41) is 9.36. The number of amides is 2. The molecule has 1 heterocycles. The number of hydrogen-bond donors (Lipinski definition) is 0. The predicted molar refractivity (Wildman–Crippen MR) is 103 cm³/mol. The first-order valence-electron chi connectivity index (χ1n) is 8.48. The van der Waals surface area contributed by atoms with Gasteiger partial charge in [-0.05, 0) is 48.4 Å². The number of esters is 1. The van der Waals surface area contributed by atoms with Crippen LogP contribution in [-0.2, 0) is 16.0 Å². The van der Waals surface area contributed by atoms with Crippen LogP contribution in [0.5, 0.6) is 0 Å². The third kappa shape index (κ3) is 4.04. The molecule has 138 valence electrons. The first-order chi connectivity index (χ1) is 13.0. The van der Waals surface area contributed by atoms with Crippen LogP contribution in [0, 0.1) is 11.3 Å². The normalized spacial score (nSPS) is 13.6. The van der Waals surface area contributed by atoms with E-state index in [2.05, 4.69) is 10.8 Å². The maximum atomic E-state index is 12.8. The Morgan fingerprint density at radius 3 is 2.52 bits per heavy atom. The van der Waals surface area contributed by atoms with Crippen LogP contribution in [0.4, 0.5) is 16.2 Å². The Hall–Kier alpha value is -3.04. The van der Waals surface area contributed by atoms with Crippen LogP contribution in [0.25, 0.3) is 0 Å². The summed E-state index contributed by atoms with van der Waals surface area (Å²) in [5.74, 6) is -0.275. The maximum Gasteiger partial charge on any atom is 0.329 e. The van der Waals surface area contributed by atoms with Crippen LogP contribution < -0.4 is 9.80 Å². The average Bonchev–Trinajstić information content (AvgIpc) is 3.07. The van der Waals surface area contributed by atoms with Crippen LogP contribution in [0.1, 0.15) is 17.5 Å². The van der Waals surface area contributed by atoms with Gasteiger partial charge in [0.1, 0.15) is 0 Å². The van der Waals surface area contributed by atoms with Crippen molar-refractivity contribution >= 4 is 35.0 Å². The molecule has 3 rings (SSSR count). The van der Waals surface area contributed by atoms with Gasteiger partial charge in [0.05, 0.1) is 29.5 Å². The lowest BCUT2D eigenvalue weighted by Gasteiger charge is -2.20. The van der Waals surface area contributed by atoms with Crippen molar-refractivity contribution in [3.05, 3.63) is 58.6 Å². The number of urea groups is 1. The van der Waals surface area contributed by atoms with E-state index < -0.39 is 0 Å². The third-order valence-corrected chi connectivity index (χ3v) is 4.77. The number of carbonyl (C=O) groups is 2. The number of hydrogen-bond acceptors (Lipinski definition) is 4. The summed E-state index contributed by atoms with van der Waals surface area (Å²) in [5.41, 5.74) is 2.84. The average molecular weight is 384 g/mol. The Morgan fingerprint density at radius 1 is 1.19 bits per heavy atom. The highest BCUT2D eigenvalue weighted by Crippen LogP contribution is 2.31. The minimum absolute atomic E-state index is 0.163. The largest absolute Gasteiger partial charge is 0.469 e. The third-order valence-electron chi connectivity index (χ3n) is 4.47. The zero-order valence-corrected chi connectivity index (χ0v) is 15.6. The number of aryl methyl sites for hydroxylation is 1. The molecule has 0 radical (unpaired) electrons. The smallest absolute Gasteiger partial charge is 0.329 e. The van der Waals surface area contributed by atoms with Gasteiger partial charge in [0.25, 0.3) is 0 Å². The van der Waals surface area contributed by atoms with Crippen molar-refractivity contribution in [3.63, 3.8) is 0 Å². The van der Waals surface area contributed by atoms with Gasteiger partial charge in [-0.3, -0.25) is 14.6 Å². The van der Waals surface area contributed by atoms with E-state index in [1.54, 1.807) is 46.2 Å². The van der Waals surface area contributed by atoms with E-state index in [4.69, 9.17) is 16.9 Å². The van der Waals surface area contributed by atoms with Gasteiger partial charge in [0, 0.05) is 25.2 Å². The topological polar surface area (TPSA) is 73.6 Å². The fourth-order valence-electron chi connectivity index (χ4n) is 2.99. The number of benzene rings is 2. The van der Waals surface area contributed by atoms with Crippen LogP contribution in [0.2, 0.25) is 5.02 Å². The molecule has 1 fully saturated rings. The molecule has 1 aliphatic rings. The Morgan fingerprint density at radius 2 is 1.89 bits per heavy atom. The van der Waals surface area contributed by atoms with Gasteiger partial charge in [-0.2, -0.15) is 5.26 Å². The van der Waals surface area contributed by atoms with E-state index >= 15 is 0 Å². The second kappa shape index (κ2) is 8.11. The number of nitrogens with zero attached hydrogens (tertiary/aromatic N) is 3. The molecule has 27 heavy (non-hydrogen) atoms. The lowest BCUT2D eigenvalue weighted by Crippen LogP contribution is -2.31. The standard InChI is InChI=1S/C20H18ClN3O3/c1-27-19(25)9-5-14-4-8-18(17(21)12-14)24-11-10-23(20(24)26)16-6-2-15(13-22)3-7-16/h2-4,6-8,12H,5,9-11H2,1H3. The fraction of sp³-hybridized carbons (Fsp3) is 0.250. The van der Waals surface area contributed by atoms with Crippen LogP contribution >= 0.6 is 11.6 Å². The summed E-state index contributed by atoms with van der Waals surface area (Å²) < 4.78 is 4.64. The summed E-state index contributed by atoms with van der Waals surface area (Å²) in [6, 6.07) is 14.2. The summed E-state index contributed by atoms with van der Waals surface area (Å²) in [7, 11) is 1.36. The van der Waals surface area contributed by atoms with Gasteiger partial charge < -0.3 is 4.74 Å². The van der Waals surface area contributed by atoms with Crippen molar-refractivity contribution in [3.8, 4) is 6.07 Å². The van der Waals surface area contributed by atoms with Crippen LogP contribution in [0.15, 0.2) is 42.5 Å². The Balaban J connectivity index is 1.74. The van der Waals surface area contributed by atoms with E-state index in [9.17, 15) is 9.59 Å². The molecular weight excluding hydrogens is 366 g/mol. The molecule has 1 aliphatic heterocycles. The van der Waals surface area contributed by atoms with E-state index in [1.807, 2.05) is 6.07 Å². The summed E-state index contributed by atoms with van der Waals surface area (Å²) in [6.07, 6.45) is 0.805. The van der Waals surface area contributed by atoms with E-state index in [0.717, 1.165) is 11.3 Å². The molecule has 7 heteroatoms. The molecule has 6 nitrogen and oxygen atoms in total. The summed E-state index contributed by atoms with van der Waals surface area (Å²) in [6.45, 7) is 1.05. The van der Waals surface area contributed by atoms with Crippen molar-refractivity contribution in [2.24, 2.45) is 0 Å². The lowest BCUT2D eigenvalue weighted by molar-refractivity contribution is -0.140. The summed E-state index contributed by atoms with van der Waals surface area (Å²) >= 11 is 6.39. The van der Waals surface area contributed by atoms with Crippen molar-refractivity contribution in [1.29, 1.82) is 5.26 Å².